The summed E-state index contributed by atoms with van der Waals surface area (Å²) in [6, 6.07) is 10.8. The Morgan fingerprint density at radius 3 is 2.21 bits per heavy atom. The van der Waals surface area contributed by atoms with Gasteiger partial charge in [-0.3, -0.25) is 0 Å². The molecule has 0 heterocycles. The summed E-state index contributed by atoms with van der Waals surface area (Å²) in [6.07, 6.45) is 9.10. The fraction of sp³-hybridized carbons (Fsp3) is 0.667. The molecule has 1 aromatic rings. The van der Waals surface area contributed by atoms with Crippen molar-refractivity contribution in [3.63, 3.8) is 0 Å². The van der Waals surface area contributed by atoms with E-state index in [1.54, 1.807) is 0 Å². The van der Waals surface area contributed by atoms with Gasteiger partial charge in [0, 0.05) is 5.54 Å². The molecule has 1 heteroatoms. The Balaban J connectivity index is 2.44. The molecule has 0 bridgehead atoms. The van der Waals surface area contributed by atoms with E-state index in [4.69, 9.17) is 5.73 Å². The van der Waals surface area contributed by atoms with Crippen LogP contribution in [0, 0.1) is 5.92 Å². The van der Waals surface area contributed by atoms with Crippen molar-refractivity contribution in [2.24, 2.45) is 11.7 Å². The predicted molar refractivity (Wildman–Crippen MR) is 85.3 cm³/mol. The number of unbranched alkanes of at least 4 members (excludes halogenated alkanes) is 4. The number of nitrogens with two attached hydrogens (primary N) is 1. The van der Waals surface area contributed by atoms with Gasteiger partial charge in [0.1, 0.15) is 0 Å². The average Bonchev–Trinajstić information content (AvgIpc) is 2.37. The molecule has 0 aromatic heterocycles. The van der Waals surface area contributed by atoms with E-state index in [1.165, 1.54) is 44.1 Å². The van der Waals surface area contributed by atoms with Gasteiger partial charge in [0.25, 0.3) is 0 Å². The second-order valence-electron chi connectivity index (χ2n) is 6.41. The van der Waals surface area contributed by atoms with Crippen LogP contribution in [0.4, 0.5) is 0 Å². The summed E-state index contributed by atoms with van der Waals surface area (Å²) in [7, 11) is 0. The van der Waals surface area contributed by atoms with Gasteiger partial charge in [-0.2, -0.15) is 0 Å². The third-order valence-electron chi connectivity index (χ3n) is 4.03. The lowest BCUT2D eigenvalue weighted by atomic mass is 9.80. The minimum absolute atomic E-state index is 0.0827. The molecule has 0 saturated heterocycles. The van der Waals surface area contributed by atoms with Crippen LogP contribution in [-0.4, -0.2) is 5.54 Å². The summed E-state index contributed by atoms with van der Waals surface area (Å²) in [4.78, 5) is 0. The molecule has 0 aliphatic carbocycles. The molecule has 0 saturated carbocycles. The Hall–Kier alpha value is -0.820. The number of rotatable bonds is 9. The fourth-order valence-electron chi connectivity index (χ4n) is 2.63. The van der Waals surface area contributed by atoms with Crippen molar-refractivity contribution in [2.75, 3.05) is 0 Å². The van der Waals surface area contributed by atoms with Crippen LogP contribution in [0.3, 0.4) is 0 Å². The maximum Gasteiger partial charge on any atom is 0.0129 e. The van der Waals surface area contributed by atoms with Crippen LogP contribution in [0.5, 0.6) is 0 Å². The first-order chi connectivity index (χ1) is 9.04. The Kier molecular flexibility index (Phi) is 7.15. The summed E-state index contributed by atoms with van der Waals surface area (Å²) in [6.45, 7) is 6.61. The highest BCUT2D eigenvalue weighted by Gasteiger charge is 2.24. The minimum atomic E-state index is -0.0827. The quantitative estimate of drug-likeness (QED) is 0.626. The Bertz CT molecular complexity index is 323. The molecule has 2 N–H and O–H groups in total. The zero-order chi connectivity index (χ0) is 14.1. The van der Waals surface area contributed by atoms with Gasteiger partial charge in [-0.1, -0.05) is 69.4 Å². The maximum atomic E-state index is 6.37. The molecule has 1 atom stereocenters. The lowest BCUT2D eigenvalue weighted by Crippen LogP contribution is -2.42. The largest absolute Gasteiger partial charge is 0.325 e. The zero-order valence-corrected chi connectivity index (χ0v) is 13.0. The van der Waals surface area contributed by atoms with Crippen LogP contribution in [-0.2, 0) is 6.42 Å². The van der Waals surface area contributed by atoms with Gasteiger partial charge >= 0.3 is 0 Å². The first-order valence-electron chi connectivity index (χ1n) is 7.87. The summed E-state index contributed by atoms with van der Waals surface area (Å²) < 4.78 is 0. The van der Waals surface area contributed by atoms with Crippen molar-refractivity contribution in [3.8, 4) is 0 Å². The van der Waals surface area contributed by atoms with Gasteiger partial charge in [-0.25, -0.2) is 0 Å². The van der Waals surface area contributed by atoms with E-state index in [9.17, 15) is 0 Å². The van der Waals surface area contributed by atoms with Crippen molar-refractivity contribution in [3.05, 3.63) is 35.9 Å². The van der Waals surface area contributed by atoms with E-state index in [0.29, 0.717) is 5.92 Å². The third kappa shape index (κ3) is 6.77. The van der Waals surface area contributed by atoms with E-state index in [0.717, 1.165) is 6.42 Å². The molecular formula is C18H31N. The molecule has 1 unspecified atom stereocenters. The van der Waals surface area contributed by atoms with Gasteiger partial charge in [-0.15, -0.1) is 0 Å². The topological polar surface area (TPSA) is 26.0 Å². The van der Waals surface area contributed by atoms with Crippen molar-refractivity contribution in [1.29, 1.82) is 0 Å². The molecular weight excluding hydrogens is 230 g/mol. The highest BCUT2D eigenvalue weighted by Crippen LogP contribution is 2.25. The maximum absolute atomic E-state index is 6.37. The van der Waals surface area contributed by atoms with Gasteiger partial charge in [0.15, 0.2) is 0 Å². The van der Waals surface area contributed by atoms with E-state index < -0.39 is 0 Å². The van der Waals surface area contributed by atoms with E-state index in [1.807, 2.05) is 0 Å². The van der Waals surface area contributed by atoms with Gasteiger partial charge in [0.05, 0.1) is 0 Å². The minimum Gasteiger partial charge on any atom is -0.325 e. The molecule has 1 rings (SSSR count). The first-order valence-corrected chi connectivity index (χ1v) is 7.87. The van der Waals surface area contributed by atoms with Gasteiger partial charge in [-0.05, 0) is 38.2 Å². The molecule has 1 nitrogen and oxygen atoms in total. The van der Waals surface area contributed by atoms with Crippen molar-refractivity contribution in [2.45, 2.75) is 71.3 Å². The SMILES string of the molecule is CCCCCCCC(Cc1ccccc1)C(C)(C)N. The Morgan fingerprint density at radius 2 is 1.63 bits per heavy atom. The second-order valence-corrected chi connectivity index (χ2v) is 6.41. The standard InChI is InChI=1S/C18H31N/c1-4-5-6-7-11-14-17(18(2,3)19)15-16-12-9-8-10-13-16/h8-10,12-13,17H,4-7,11,14-15,19H2,1-3H3. The zero-order valence-electron chi connectivity index (χ0n) is 13.0. The molecule has 0 aliphatic heterocycles. The monoisotopic (exact) mass is 261 g/mol. The van der Waals surface area contributed by atoms with Crippen LogP contribution in [0.15, 0.2) is 30.3 Å². The lowest BCUT2D eigenvalue weighted by molar-refractivity contribution is 0.290. The van der Waals surface area contributed by atoms with E-state index in [-0.39, 0.29) is 5.54 Å². The van der Waals surface area contributed by atoms with Crippen molar-refractivity contribution in [1.82, 2.24) is 0 Å². The molecule has 19 heavy (non-hydrogen) atoms. The second kappa shape index (κ2) is 8.37. The highest BCUT2D eigenvalue weighted by atomic mass is 14.7. The highest BCUT2D eigenvalue weighted by molar-refractivity contribution is 5.16. The van der Waals surface area contributed by atoms with Gasteiger partial charge in [0.2, 0.25) is 0 Å². The smallest absolute Gasteiger partial charge is 0.0129 e. The van der Waals surface area contributed by atoms with E-state index in [2.05, 4.69) is 51.1 Å². The fourth-order valence-corrected chi connectivity index (χ4v) is 2.63. The van der Waals surface area contributed by atoms with E-state index >= 15 is 0 Å². The molecule has 108 valence electrons. The Morgan fingerprint density at radius 1 is 1.00 bits per heavy atom. The first kappa shape index (κ1) is 16.2. The van der Waals surface area contributed by atoms with Crippen LogP contribution in [0.25, 0.3) is 0 Å². The molecule has 0 radical (unpaired) electrons. The summed E-state index contributed by atoms with van der Waals surface area (Å²) in [5.74, 6) is 0.580. The molecule has 1 aromatic carbocycles. The average molecular weight is 261 g/mol. The molecule has 0 amide bonds. The van der Waals surface area contributed by atoms with Crippen LogP contribution >= 0.6 is 0 Å². The third-order valence-corrected chi connectivity index (χ3v) is 4.03. The Labute approximate surface area is 119 Å². The van der Waals surface area contributed by atoms with Crippen molar-refractivity contribution >= 4 is 0 Å². The molecule has 0 spiro atoms. The summed E-state index contributed by atoms with van der Waals surface area (Å²) in [5.41, 5.74) is 7.70. The number of benzene rings is 1. The van der Waals surface area contributed by atoms with Crippen LogP contribution in [0.1, 0.15) is 64.9 Å². The predicted octanol–water partition coefficient (Wildman–Crippen LogP) is 4.94. The molecule has 0 fully saturated rings. The van der Waals surface area contributed by atoms with Gasteiger partial charge < -0.3 is 5.73 Å². The van der Waals surface area contributed by atoms with Crippen LogP contribution in [0.2, 0.25) is 0 Å². The number of hydrogen-bond donors (Lipinski definition) is 1. The lowest BCUT2D eigenvalue weighted by Gasteiger charge is -2.31. The van der Waals surface area contributed by atoms with Crippen molar-refractivity contribution < 1.29 is 0 Å². The molecule has 0 aliphatic rings. The summed E-state index contributed by atoms with van der Waals surface area (Å²) in [5, 5.41) is 0. The normalized spacial score (nSPS) is 13.5. The summed E-state index contributed by atoms with van der Waals surface area (Å²) >= 11 is 0. The van der Waals surface area contributed by atoms with Crippen LogP contribution < -0.4 is 5.73 Å². The number of hydrogen-bond acceptors (Lipinski definition) is 1.